The Kier molecular flexibility index (Phi) is 7.48. The summed E-state index contributed by atoms with van der Waals surface area (Å²) < 4.78 is 4.84. The van der Waals surface area contributed by atoms with E-state index in [0.29, 0.717) is 12.0 Å². The minimum Gasteiger partial charge on any atom is -0.468 e. The summed E-state index contributed by atoms with van der Waals surface area (Å²) in [7, 11) is 5.35. The predicted molar refractivity (Wildman–Crippen MR) is 75.6 cm³/mol. The van der Waals surface area contributed by atoms with Gasteiger partial charge in [-0.3, -0.25) is 4.79 Å². The second-order valence-corrected chi connectivity index (χ2v) is 5.78. The number of ether oxygens (including phenoxy) is 1. The van der Waals surface area contributed by atoms with Gasteiger partial charge >= 0.3 is 5.97 Å². The summed E-state index contributed by atoms with van der Waals surface area (Å²) in [5.41, 5.74) is -0.597. The Labute approximate surface area is 112 Å². The monoisotopic (exact) mass is 258 g/mol. The van der Waals surface area contributed by atoms with Gasteiger partial charge in [-0.2, -0.15) is 0 Å². The van der Waals surface area contributed by atoms with Gasteiger partial charge in [0, 0.05) is 12.6 Å². The Morgan fingerprint density at radius 1 is 1.39 bits per heavy atom. The van der Waals surface area contributed by atoms with Crippen molar-refractivity contribution in [3.05, 3.63) is 0 Å². The van der Waals surface area contributed by atoms with Gasteiger partial charge in [-0.05, 0) is 46.7 Å². The molecule has 0 amide bonds. The van der Waals surface area contributed by atoms with E-state index in [1.54, 1.807) is 7.05 Å². The molecule has 0 bridgehead atoms. The topological polar surface area (TPSA) is 41.6 Å². The number of carbonyl (C=O) groups excluding carboxylic acids is 1. The number of rotatable bonds is 8. The number of esters is 1. The Morgan fingerprint density at radius 2 is 1.94 bits per heavy atom. The summed E-state index contributed by atoms with van der Waals surface area (Å²) in [5, 5.41) is 3.06. The average molecular weight is 258 g/mol. The van der Waals surface area contributed by atoms with Crippen LogP contribution in [0.1, 0.15) is 40.5 Å². The van der Waals surface area contributed by atoms with Gasteiger partial charge in [0.2, 0.25) is 0 Å². The van der Waals surface area contributed by atoms with Crippen molar-refractivity contribution in [3.8, 4) is 0 Å². The highest BCUT2D eigenvalue weighted by Gasteiger charge is 2.32. The molecule has 108 valence electrons. The van der Waals surface area contributed by atoms with Crippen LogP contribution in [0.3, 0.4) is 0 Å². The first-order valence-electron chi connectivity index (χ1n) is 6.74. The molecule has 0 rings (SSSR count). The number of carbonyl (C=O) groups is 1. The molecule has 0 aliphatic carbocycles. The smallest absolute Gasteiger partial charge is 0.325 e. The zero-order valence-electron chi connectivity index (χ0n) is 13.0. The Balaban J connectivity index is 4.32. The number of likely N-dealkylation sites (N-methyl/N-ethyl adjacent to an activating group) is 1. The molecule has 2 atom stereocenters. The molecule has 0 aromatic rings. The van der Waals surface area contributed by atoms with E-state index in [1.165, 1.54) is 13.5 Å². The van der Waals surface area contributed by atoms with Gasteiger partial charge in [0.25, 0.3) is 0 Å². The molecule has 0 aromatic carbocycles. The first kappa shape index (κ1) is 17.4. The molecule has 0 heterocycles. The van der Waals surface area contributed by atoms with Gasteiger partial charge in [0.15, 0.2) is 0 Å². The van der Waals surface area contributed by atoms with Crippen LogP contribution in [0.4, 0.5) is 0 Å². The summed E-state index contributed by atoms with van der Waals surface area (Å²) in [6, 6.07) is 0.531. The lowest BCUT2D eigenvalue weighted by Crippen LogP contribution is -2.50. The van der Waals surface area contributed by atoms with E-state index in [9.17, 15) is 4.79 Å². The predicted octanol–water partition coefficient (Wildman–Crippen LogP) is 1.89. The van der Waals surface area contributed by atoms with E-state index in [1.807, 2.05) is 6.92 Å². The molecule has 4 heteroatoms. The summed E-state index contributed by atoms with van der Waals surface area (Å²) in [6.07, 6.45) is 1.92. The number of methoxy groups -OCH3 is 1. The largest absolute Gasteiger partial charge is 0.468 e. The van der Waals surface area contributed by atoms with E-state index in [-0.39, 0.29) is 5.97 Å². The van der Waals surface area contributed by atoms with Crippen LogP contribution < -0.4 is 5.32 Å². The zero-order valence-corrected chi connectivity index (χ0v) is 13.0. The minimum absolute atomic E-state index is 0.199. The van der Waals surface area contributed by atoms with Gasteiger partial charge in [-0.25, -0.2) is 0 Å². The van der Waals surface area contributed by atoms with Crippen molar-refractivity contribution in [1.82, 2.24) is 10.2 Å². The van der Waals surface area contributed by atoms with Crippen LogP contribution >= 0.6 is 0 Å². The first-order valence-corrected chi connectivity index (χ1v) is 6.74. The summed E-state index contributed by atoms with van der Waals surface area (Å²) in [4.78, 5) is 14.0. The van der Waals surface area contributed by atoms with Gasteiger partial charge in [0.05, 0.1) is 7.11 Å². The molecule has 18 heavy (non-hydrogen) atoms. The molecule has 0 aliphatic rings. The number of nitrogens with zero attached hydrogens (tertiary/aromatic N) is 1. The quantitative estimate of drug-likeness (QED) is 0.675. The van der Waals surface area contributed by atoms with E-state index in [0.717, 1.165) is 13.0 Å². The van der Waals surface area contributed by atoms with Gasteiger partial charge in [0.1, 0.15) is 5.54 Å². The summed E-state index contributed by atoms with van der Waals surface area (Å²) in [5.74, 6) is 0.494. The highest BCUT2D eigenvalue weighted by Crippen LogP contribution is 2.15. The lowest BCUT2D eigenvalue weighted by Gasteiger charge is -2.31. The molecule has 0 saturated heterocycles. The minimum atomic E-state index is -0.597. The van der Waals surface area contributed by atoms with Crippen molar-refractivity contribution >= 4 is 5.97 Å². The zero-order chi connectivity index (χ0) is 14.3. The molecule has 0 aliphatic heterocycles. The molecule has 0 spiro atoms. The van der Waals surface area contributed by atoms with E-state index in [4.69, 9.17) is 4.74 Å². The second kappa shape index (κ2) is 7.74. The van der Waals surface area contributed by atoms with Crippen molar-refractivity contribution in [2.75, 3.05) is 27.7 Å². The molecule has 0 fully saturated rings. The van der Waals surface area contributed by atoms with Crippen molar-refractivity contribution in [1.29, 1.82) is 0 Å². The molecule has 0 aromatic heterocycles. The van der Waals surface area contributed by atoms with Crippen LogP contribution in [0.15, 0.2) is 0 Å². The number of hydrogen-bond acceptors (Lipinski definition) is 4. The molecule has 2 unspecified atom stereocenters. The summed E-state index contributed by atoms with van der Waals surface area (Å²) in [6.45, 7) is 9.46. The fraction of sp³-hybridized carbons (Fsp3) is 0.929. The van der Waals surface area contributed by atoms with Crippen molar-refractivity contribution < 1.29 is 9.53 Å². The van der Waals surface area contributed by atoms with Crippen LogP contribution in [0.2, 0.25) is 0 Å². The third kappa shape index (κ3) is 5.36. The Bertz CT molecular complexity index is 256. The maximum absolute atomic E-state index is 11.7. The standard InChI is InChI=1S/C14H30N2O2/c1-11(2)10-12(3)16(6)9-8-14(4,15-5)13(17)18-7/h11-12,15H,8-10H2,1-7H3. The molecule has 0 radical (unpaired) electrons. The number of nitrogens with one attached hydrogen (secondary N) is 1. The molecular formula is C14H30N2O2. The van der Waals surface area contributed by atoms with Crippen LogP contribution in [-0.2, 0) is 9.53 Å². The molecule has 1 N–H and O–H groups in total. The number of hydrogen-bond donors (Lipinski definition) is 1. The van der Waals surface area contributed by atoms with Crippen LogP contribution in [0, 0.1) is 5.92 Å². The lowest BCUT2D eigenvalue weighted by atomic mass is 9.97. The normalized spacial score (nSPS) is 16.7. The van der Waals surface area contributed by atoms with Crippen LogP contribution in [0.5, 0.6) is 0 Å². The van der Waals surface area contributed by atoms with Crippen molar-refractivity contribution in [2.24, 2.45) is 5.92 Å². The van der Waals surface area contributed by atoms with Crippen LogP contribution in [-0.4, -0.2) is 50.2 Å². The average Bonchev–Trinajstić information content (AvgIpc) is 2.33. The third-order valence-electron chi connectivity index (χ3n) is 3.72. The van der Waals surface area contributed by atoms with Gasteiger partial charge in [-0.1, -0.05) is 13.8 Å². The Morgan fingerprint density at radius 3 is 2.33 bits per heavy atom. The highest BCUT2D eigenvalue weighted by atomic mass is 16.5. The maximum atomic E-state index is 11.7. The van der Waals surface area contributed by atoms with Gasteiger partial charge < -0.3 is 15.0 Å². The second-order valence-electron chi connectivity index (χ2n) is 5.78. The Hall–Kier alpha value is -0.610. The lowest BCUT2D eigenvalue weighted by molar-refractivity contribution is -0.148. The third-order valence-corrected chi connectivity index (χ3v) is 3.72. The van der Waals surface area contributed by atoms with E-state index in [2.05, 4.69) is 38.0 Å². The molecule has 0 saturated carbocycles. The fourth-order valence-corrected chi connectivity index (χ4v) is 2.04. The molecular weight excluding hydrogens is 228 g/mol. The van der Waals surface area contributed by atoms with Crippen molar-refractivity contribution in [2.45, 2.75) is 52.1 Å². The van der Waals surface area contributed by atoms with E-state index < -0.39 is 5.54 Å². The summed E-state index contributed by atoms with van der Waals surface area (Å²) >= 11 is 0. The maximum Gasteiger partial charge on any atom is 0.325 e. The van der Waals surface area contributed by atoms with Crippen LogP contribution in [0.25, 0.3) is 0 Å². The molecule has 4 nitrogen and oxygen atoms in total. The SMILES string of the molecule is CNC(C)(CCN(C)C(C)CC(C)C)C(=O)OC. The highest BCUT2D eigenvalue weighted by molar-refractivity contribution is 5.80. The first-order chi connectivity index (χ1) is 8.26. The van der Waals surface area contributed by atoms with E-state index >= 15 is 0 Å². The fourth-order valence-electron chi connectivity index (χ4n) is 2.04. The van der Waals surface area contributed by atoms with Crippen molar-refractivity contribution in [3.63, 3.8) is 0 Å². The van der Waals surface area contributed by atoms with Gasteiger partial charge in [-0.15, -0.1) is 0 Å².